The molecular weight excluding hydrogens is 252 g/mol. The van der Waals surface area contributed by atoms with Crippen molar-refractivity contribution in [3.05, 3.63) is 54.0 Å². The monoisotopic (exact) mass is 272 g/mol. The second-order valence-corrected chi connectivity index (χ2v) is 4.96. The van der Waals surface area contributed by atoms with Crippen molar-refractivity contribution in [2.24, 2.45) is 0 Å². The van der Waals surface area contributed by atoms with Crippen molar-refractivity contribution in [1.82, 2.24) is 4.90 Å². The Balaban J connectivity index is 1.92. The Hall–Kier alpha value is -2.07. The summed E-state index contributed by atoms with van der Waals surface area (Å²) in [6.45, 7) is 4.40. The zero-order valence-electron chi connectivity index (χ0n) is 12.1. The molecule has 0 saturated carbocycles. The molecule has 106 valence electrons. The van der Waals surface area contributed by atoms with Crippen LogP contribution < -0.4 is 5.32 Å². The summed E-state index contributed by atoms with van der Waals surface area (Å²) in [5.41, 5.74) is 0.812. The van der Waals surface area contributed by atoms with Crippen LogP contribution in [0.25, 0.3) is 0 Å². The van der Waals surface area contributed by atoms with Crippen molar-refractivity contribution in [2.75, 3.05) is 12.4 Å². The summed E-state index contributed by atoms with van der Waals surface area (Å²) in [7, 11) is 1.91. The number of hydrogen-bond donors (Lipinski definition) is 1. The van der Waals surface area contributed by atoms with Gasteiger partial charge in [-0.05, 0) is 45.2 Å². The van der Waals surface area contributed by atoms with Gasteiger partial charge in [0.2, 0.25) is 5.91 Å². The topological polar surface area (TPSA) is 45.5 Å². The van der Waals surface area contributed by atoms with Gasteiger partial charge in [0, 0.05) is 5.69 Å². The van der Waals surface area contributed by atoms with Gasteiger partial charge >= 0.3 is 0 Å². The molecule has 0 bridgehead atoms. The van der Waals surface area contributed by atoms with Crippen LogP contribution >= 0.6 is 0 Å². The smallest absolute Gasteiger partial charge is 0.241 e. The number of carbonyl (C=O) groups is 1. The highest BCUT2D eigenvalue weighted by atomic mass is 16.3. The van der Waals surface area contributed by atoms with E-state index in [-0.39, 0.29) is 11.9 Å². The first-order valence-corrected chi connectivity index (χ1v) is 6.67. The second kappa shape index (κ2) is 6.39. The minimum atomic E-state index is -0.236. The van der Waals surface area contributed by atoms with Gasteiger partial charge in [-0.15, -0.1) is 0 Å². The Labute approximate surface area is 119 Å². The fraction of sp³-hybridized carbons (Fsp3) is 0.312. The highest BCUT2D eigenvalue weighted by Crippen LogP contribution is 2.12. The minimum Gasteiger partial charge on any atom is -0.465 e. The quantitative estimate of drug-likeness (QED) is 0.910. The van der Waals surface area contributed by atoms with Gasteiger partial charge in [-0.2, -0.15) is 0 Å². The van der Waals surface area contributed by atoms with Crippen LogP contribution in [0.4, 0.5) is 5.69 Å². The molecule has 0 radical (unpaired) electrons. The van der Waals surface area contributed by atoms with Crippen LogP contribution in [-0.2, 0) is 11.3 Å². The molecule has 0 spiro atoms. The molecule has 1 N–H and O–H groups in total. The van der Waals surface area contributed by atoms with E-state index in [2.05, 4.69) is 5.32 Å². The fourth-order valence-corrected chi connectivity index (χ4v) is 1.92. The van der Waals surface area contributed by atoms with Gasteiger partial charge in [0.25, 0.3) is 0 Å². The van der Waals surface area contributed by atoms with Crippen LogP contribution in [0.1, 0.15) is 18.4 Å². The van der Waals surface area contributed by atoms with Crippen molar-refractivity contribution >= 4 is 11.6 Å². The molecule has 0 aliphatic heterocycles. The molecule has 1 aromatic carbocycles. The molecule has 1 heterocycles. The highest BCUT2D eigenvalue weighted by Gasteiger charge is 2.19. The van der Waals surface area contributed by atoms with Crippen molar-refractivity contribution in [3.8, 4) is 0 Å². The summed E-state index contributed by atoms with van der Waals surface area (Å²) in [6, 6.07) is 13.1. The summed E-state index contributed by atoms with van der Waals surface area (Å²) < 4.78 is 5.53. The molecule has 0 saturated heterocycles. The zero-order valence-corrected chi connectivity index (χ0v) is 12.1. The molecule has 2 aromatic rings. The lowest BCUT2D eigenvalue weighted by Gasteiger charge is -2.22. The van der Waals surface area contributed by atoms with E-state index >= 15 is 0 Å². The van der Waals surface area contributed by atoms with E-state index in [1.165, 1.54) is 0 Å². The van der Waals surface area contributed by atoms with Crippen LogP contribution in [-0.4, -0.2) is 23.9 Å². The number of benzene rings is 1. The summed E-state index contributed by atoms with van der Waals surface area (Å²) in [6.07, 6.45) is 0. The second-order valence-electron chi connectivity index (χ2n) is 4.96. The maximum absolute atomic E-state index is 12.2. The Morgan fingerprint density at radius 1 is 1.25 bits per heavy atom. The number of hydrogen-bond acceptors (Lipinski definition) is 3. The lowest BCUT2D eigenvalue weighted by atomic mass is 10.2. The third-order valence-corrected chi connectivity index (χ3v) is 3.28. The van der Waals surface area contributed by atoms with Crippen LogP contribution in [0.5, 0.6) is 0 Å². The molecule has 2 rings (SSSR count). The molecular formula is C16H20N2O2. The predicted octanol–water partition coefficient (Wildman–Crippen LogP) is 3.05. The number of aryl methyl sites for hydroxylation is 1. The number of likely N-dealkylation sites (N-methyl/N-ethyl adjacent to an activating group) is 1. The summed E-state index contributed by atoms with van der Waals surface area (Å²) in [5, 5.41) is 2.90. The van der Waals surface area contributed by atoms with Gasteiger partial charge in [-0.1, -0.05) is 18.2 Å². The van der Waals surface area contributed by atoms with Gasteiger partial charge in [0.1, 0.15) is 11.5 Å². The number of nitrogens with zero attached hydrogens (tertiary/aromatic N) is 1. The van der Waals surface area contributed by atoms with Crippen LogP contribution in [0.2, 0.25) is 0 Å². The first-order valence-electron chi connectivity index (χ1n) is 6.67. The van der Waals surface area contributed by atoms with Crippen molar-refractivity contribution in [2.45, 2.75) is 26.4 Å². The average Bonchev–Trinajstić information content (AvgIpc) is 2.84. The van der Waals surface area contributed by atoms with Crippen molar-refractivity contribution < 1.29 is 9.21 Å². The normalized spacial score (nSPS) is 12.4. The van der Waals surface area contributed by atoms with E-state index in [4.69, 9.17) is 4.42 Å². The van der Waals surface area contributed by atoms with E-state index in [0.717, 1.165) is 17.2 Å². The standard InChI is InChI=1S/C16H20N2O2/c1-12-9-10-15(20-12)11-18(3)13(2)16(19)17-14-7-5-4-6-8-14/h4-10,13H,11H2,1-3H3,(H,17,19)/t13-/m1/s1. The van der Waals surface area contributed by atoms with Gasteiger partial charge < -0.3 is 9.73 Å². The summed E-state index contributed by atoms with van der Waals surface area (Å²) >= 11 is 0. The lowest BCUT2D eigenvalue weighted by Crippen LogP contribution is -2.39. The Morgan fingerprint density at radius 2 is 1.95 bits per heavy atom. The number of rotatable bonds is 5. The van der Waals surface area contributed by atoms with Gasteiger partial charge in [0.05, 0.1) is 12.6 Å². The van der Waals surface area contributed by atoms with Gasteiger partial charge in [-0.3, -0.25) is 9.69 Å². The van der Waals surface area contributed by atoms with Crippen molar-refractivity contribution in [1.29, 1.82) is 0 Å². The first kappa shape index (κ1) is 14.3. The molecule has 0 unspecified atom stereocenters. The Bertz CT molecular complexity index is 563. The third kappa shape index (κ3) is 3.71. The number of para-hydroxylation sites is 1. The molecule has 0 aliphatic carbocycles. The Kier molecular flexibility index (Phi) is 4.58. The summed E-state index contributed by atoms with van der Waals surface area (Å²) in [4.78, 5) is 14.1. The van der Waals surface area contributed by atoms with Crippen LogP contribution in [0.3, 0.4) is 0 Å². The third-order valence-electron chi connectivity index (χ3n) is 3.28. The maximum atomic E-state index is 12.2. The molecule has 4 heteroatoms. The zero-order chi connectivity index (χ0) is 14.5. The number of anilines is 1. The van der Waals surface area contributed by atoms with Crippen molar-refractivity contribution in [3.63, 3.8) is 0 Å². The number of amides is 1. The fourth-order valence-electron chi connectivity index (χ4n) is 1.92. The van der Waals surface area contributed by atoms with E-state index in [0.29, 0.717) is 6.54 Å². The molecule has 1 aromatic heterocycles. The number of carbonyl (C=O) groups excluding carboxylic acids is 1. The molecule has 1 atom stereocenters. The van der Waals surface area contributed by atoms with Crippen LogP contribution in [0, 0.1) is 6.92 Å². The maximum Gasteiger partial charge on any atom is 0.241 e. The Morgan fingerprint density at radius 3 is 2.55 bits per heavy atom. The molecule has 0 aliphatic rings. The molecule has 0 fully saturated rings. The molecule has 4 nitrogen and oxygen atoms in total. The number of furan rings is 1. The minimum absolute atomic E-state index is 0.0259. The van der Waals surface area contributed by atoms with Crippen LogP contribution in [0.15, 0.2) is 46.9 Å². The average molecular weight is 272 g/mol. The molecule has 20 heavy (non-hydrogen) atoms. The number of nitrogens with one attached hydrogen (secondary N) is 1. The predicted molar refractivity (Wildman–Crippen MR) is 79.4 cm³/mol. The lowest BCUT2D eigenvalue weighted by molar-refractivity contribution is -0.120. The van der Waals surface area contributed by atoms with E-state index in [1.807, 2.05) is 68.3 Å². The SMILES string of the molecule is Cc1ccc(CN(C)[C@H](C)C(=O)Nc2ccccc2)o1. The van der Waals surface area contributed by atoms with E-state index < -0.39 is 0 Å². The molecule has 1 amide bonds. The first-order chi connectivity index (χ1) is 9.56. The van der Waals surface area contributed by atoms with E-state index in [1.54, 1.807) is 0 Å². The summed E-state index contributed by atoms with van der Waals surface area (Å²) in [5.74, 6) is 1.72. The largest absolute Gasteiger partial charge is 0.465 e. The van der Waals surface area contributed by atoms with E-state index in [9.17, 15) is 4.79 Å². The van der Waals surface area contributed by atoms with Gasteiger partial charge in [-0.25, -0.2) is 0 Å². The van der Waals surface area contributed by atoms with Gasteiger partial charge in [0.15, 0.2) is 0 Å². The highest BCUT2D eigenvalue weighted by molar-refractivity contribution is 5.94.